The molecule has 0 radical (unpaired) electrons. The third-order valence-electron chi connectivity index (χ3n) is 5.87. The molecule has 3 heterocycles. The number of aromatic nitrogens is 1. The van der Waals surface area contributed by atoms with Crippen LogP contribution in [0, 0.1) is 6.92 Å². The van der Waals surface area contributed by atoms with Crippen LogP contribution in [0.15, 0.2) is 10.6 Å². The number of hydrogen-bond donors (Lipinski definition) is 1. The number of ether oxygens (including phenoxy) is 1. The number of hydrogen-bond acceptors (Lipinski definition) is 6. The molecule has 2 saturated heterocycles. The number of rotatable bonds is 7. The van der Waals surface area contributed by atoms with Crippen LogP contribution in [0.1, 0.15) is 55.8 Å². The van der Waals surface area contributed by atoms with E-state index in [2.05, 4.69) is 34.1 Å². The van der Waals surface area contributed by atoms with E-state index in [9.17, 15) is 4.79 Å². The van der Waals surface area contributed by atoms with Gasteiger partial charge in [0.1, 0.15) is 5.76 Å². The van der Waals surface area contributed by atoms with Crippen molar-refractivity contribution in [3.8, 4) is 0 Å². The first-order valence-corrected chi connectivity index (χ1v) is 10.3. The molecule has 152 valence electrons. The lowest BCUT2D eigenvalue weighted by atomic mass is 9.97. The molecule has 0 aromatic carbocycles. The number of likely N-dealkylation sites (tertiary alicyclic amines) is 1. The van der Waals surface area contributed by atoms with Crippen molar-refractivity contribution in [2.24, 2.45) is 0 Å². The highest BCUT2D eigenvalue weighted by molar-refractivity contribution is 5.92. The Hall–Kier alpha value is -1.44. The molecule has 0 atom stereocenters. The summed E-state index contributed by atoms with van der Waals surface area (Å²) < 4.78 is 10.6. The van der Waals surface area contributed by atoms with Crippen molar-refractivity contribution >= 4 is 5.91 Å². The summed E-state index contributed by atoms with van der Waals surface area (Å²) in [6.45, 7) is 11.9. The van der Waals surface area contributed by atoms with Gasteiger partial charge in [-0.25, -0.2) is 0 Å². The molecular weight excluding hydrogens is 344 g/mol. The van der Waals surface area contributed by atoms with Crippen LogP contribution in [0.2, 0.25) is 0 Å². The summed E-state index contributed by atoms with van der Waals surface area (Å²) in [5.74, 6) is 0.495. The zero-order chi connectivity index (χ0) is 19.2. The number of piperidine rings is 1. The molecule has 1 amide bonds. The predicted octanol–water partition coefficient (Wildman–Crippen LogP) is 2.07. The van der Waals surface area contributed by atoms with Gasteiger partial charge in [-0.1, -0.05) is 5.16 Å². The average Bonchev–Trinajstić information content (AvgIpc) is 3.12. The van der Waals surface area contributed by atoms with E-state index >= 15 is 0 Å². The number of amides is 1. The lowest BCUT2D eigenvalue weighted by Gasteiger charge is -2.44. The van der Waals surface area contributed by atoms with Crippen LogP contribution in [0.3, 0.4) is 0 Å². The van der Waals surface area contributed by atoms with Gasteiger partial charge in [0, 0.05) is 50.5 Å². The molecule has 1 aromatic rings. The summed E-state index contributed by atoms with van der Waals surface area (Å²) in [4.78, 5) is 17.4. The van der Waals surface area contributed by atoms with Crippen molar-refractivity contribution in [3.63, 3.8) is 0 Å². The van der Waals surface area contributed by atoms with Gasteiger partial charge in [0.2, 0.25) is 0 Å². The van der Waals surface area contributed by atoms with E-state index in [-0.39, 0.29) is 5.91 Å². The van der Waals surface area contributed by atoms with Crippen LogP contribution in [0.5, 0.6) is 0 Å². The summed E-state index contributed by atoms with van der Waals surface area (Å²) in [6.07, 6.45) is 4.57. The van der Waals surface area contributed by atoms with Gasteiger partial charge in [-0.2, -0.15) is 0 Å². The Kier molecular flexibility index (Phi) is 7.26. The minimum Gasteiger partial charge on any atom is -0.381 e. The minimum atomic E-state index is -0.159. The molecule has 7 heteroatoms. The smallest absolute Gasteiger partial charge is 0.273 e. The lowest BCUT2D eigenvalue weighted by Crippen LogP contribution is -2.53. The minimum absolute atomic E-state index is 0.159. The van der Waals surface area contributed by atoms with Crippen molar-refractivity contribution in [2.45, 2.75) is 64.6 Å². The Labute approximate surface area is 162 Å². The second kappa shape index (κ2) is 9.66. The first-order valence-electron chi connectivity index (χ1n) is 10.3. The van der Waals surface area contributed by atoms with Gasteiger partial charge < -0.3 is 19.5 Å². The van der Waals surface area contributed by atoms with E-state index in [1.54, 1.807) is 13.0 Å². The summed E-state index contributed by atoms with van der Waals surface area (Å²) in [5.41, 5.74) is 0.357. The molecule has 0 bridgehead atoms. The summed E-state index contributed by atoms with van der Waals surface area (Å²) in [6, 6.07) is 3.44. The summed E-state index contributed by atoms with van der Waals surface area (Å²) in [7, 11) is 0. The van der Waals surface area contributed by atoms with E-state index in [1.807, 2.05) is 0 Å². The van der Waals surface area contributed by atoms with Crippen LogP contribution in [-0.2, 0) is 4.74 Å². The van der Waals surface area contributed by atoms with E-state index in [1.165, 1.54) is 12.8 Å². The first kappa shape index (κ1) is 20.3. The summed E-state index contributed by atoms with van der Waals surface area (Å²) >= 11 is 0. The standard InChI is InChI=1S/C20H34N4O3/c1-15(2)23-9-4-17(5-10-23)24(18-6-12-26-13-7-18)11-8-21-20(25)19-14-16(3)27-22-19/h14-15,17-18H,4-13H2,1-3H3,(H,21,25). The summed E-state index contributed by atoms with van der Waals surface area (Å²) in [5, 5.41) is 6.80. The van der Waals surface area contributed by atoms with Crippen LogP contribution in [-0.4, -0.2) is 78.4 Å². The molecule has 7 nitrogen and oxygen atoms in total. The van der Waals surface area contributed by atoms with E-state index in [0.717, 1.165) is 45.7 Å². The highest BCUT2D eigenvalue weighted by Crippen LogP contribution is 2.24. The maximum Gasteiger partial charge on any atom is 0.273 e. The zero-order valence-electron chi connectivity index (χ0n) is 16.9. The Morgan fingerprint density at radius 1 is 1.26 bits per heavy atom. The van der Waals surface area contributed by atoms with E-state index < -0.39 is 0 Å². The monoisotopic (exact) mass is 378 g/mol. The normalized spacial score (nSPS) is 20.5. The molecular formula is C20H34N4O3. The third-order valence-corrected chi connectivity index (χ3v) is 5.87. The largest absolute Gasteiger partial charge is 0.381 e. The Morgan fingerprint density at radius 2 is 1.93 bits per heavy atom. The SMILES string of the molecule is Cc1cc(C(=O)NCCN(C2CCOCC2)C2CCN(C(C)C)CC2)no1. The molecule has 0 unspecified atom stereocenters. The first-order chi connectivity index (χ1) is 13.0. The molecule has 3 rings (SSSR count). The van der Waals surface area contributed by atoms with Crippen LogP contribution in [0.25, 0.3) is 0 Å². The molecule has 2 aliphatic heterocycles. The number of carbonyl (C=O) groups is 1. The van der Waals surface area contributed by atoms with Crippen molar-refractivity contribution in [1.29, 1.82) is 0 Å². The fraction of sp³-hybridized carbons (Fsp3) is 0.800. The second-order valence-corrected chi connectivity index (χ2v) is 8.02. The highest BCUT2D eigenvalue weighted by Gasteiger charge is 2.31. The van der Waals surface area contributed by atoms with Crippen LogP contribution >= 0.6 is 0 Å². The fourth-order valence-corrected chi connectivity index (χ4v) is 4.28. The maximum atomic E-state index is 12.2. The van der Waals surface area contributed by atoms with Gasteiger partial charge in [-0.3, -0.25) is 9.69 Å². The fourth-order valence-electron chi connectivity index (χ4n) is 4.28. The van der Waals surface area contributed by atoms with Crippen molar-refractivity contribution in [3.05, 3.63) is 17.5 Å². The second-order valence-electron chi connectivity index (χ2n) is 8.02. The number of aryl methyl sites for hydroxylation is 1. The molecule has 1 N–H and O–H groups in total. The van der Waals surface area contributed by atoms with Crippen molar-refractivity contribution in [2.75, 3.05) is 39.4 Å². The van der Waals surface area contributed by atoms with Crippen molar-refractivity contribution in [1.82, 2.24) is 20.3 Å². The molecule has 0 aliphatic carbocycles. The number of nitrogens with one attached hydrogen (secondary N) is 1. The van der Waals surface area contributed by atoms with Gasteiger partial charge in [0.25, 0.3) is 5.91 Å². The van der Waals surface area contributed by atoms with Gasteiger partial charge in [0.15, 0.2) is 5.69 Å². The quantitative estimate of drug-likeness (QED) is 0.783. The van der Waals surface area contributed by atoms with Gasteiger partial charge in [-0.05, 0) is 59.5 Å². The maximum absolute atomic E-state index is 12.2. The third kappa shape index (κ3) is 5.53. The molecule has 2 aliphatic rings. The van der Waals surface area contributed by atoms with Gasteiger partial charge in [-0.15, -0.1) is 0 Å². The van der Waals surface area contributed by atoms with Crippen LogP contribution < -0.4 is 5.32 Å². The highest BCUT2D eigenvalue weighted by atomic mass is 16.5. The Bertz CT molecular complexity index is 590. The van der Waals surface area contributed by atoms with Gasteiger partial charge >= 0.3 is 0 Å². The predicted molar refractivity (Wildman–Crippen MR) is 104 cm³/mol. The van der Waals surface area contributed by atoms with Crippen LogP contribution in [0.4, 0.5) is 0 Å². The lowest BCUT2D eigenvalue weighted by molar-refractivity contribution is 0.0000143. The topological polar surface area (TPSA) is 70.8 Å². The molecule has 1 aromatic heterocycles. The van der Waals surface area contributed by atoms with Gasteiger partial charge in [0.05, 0.1) is 0 Å². The zero-order valence-corrected chi connectivity index (χ0v) is 16.9. The molecule has 0 saturated carbocycles. The molecule has 0 spiro atoms. The van der Waals surface area contributed by atoms with Crippen molar-refractivity contribution < 1.29 is 14.1 Å². The Morgan fingerprint density at radius 3 is 2.52 bits per heavy atom. The Balaban J connectivity index is 1.54. The van der Waals surface area contributed by atoms with E-state index in [4.69, 9.17) is 9.26 Å². The molecule has 27 heavy (non-hydrogen) atoms. The number of carbonyl (C=O) groups excluding carboxylic acids is 1. The van der Waals surface area contributed by atoms with E-state index in [0.29, 0.717) is 36.1 Å². The molecule has 2 fully saturated rings. The average molecular weight is 379 g/mol. The number of nitrogens with zero attached hydrogens (tertiary/aromatic N) is 3.